The normalized spacial score (nSPS) is 13.1. The molecule has 0 aliphatic carbocycles. The van der Waals surface area contributed by atoms with E-state index in [2.05, 4.69) is 183 Å². The summed E-state index contributed by atoms with van der Waals surface area (Å²) in [6.07, 6.45) is 14.0. The maximum absolute atomic E-state index is 13.7. The van der Waals surface area contributed by atoms with Crippen molar-refractivity contribution in [3.8, 4) is 161 Å². The fourth-order valence-corrected chi connectivity index (χ4v) is 8.02. The monoisotopic (exact) mass is 921 g/mol. The Bertz CT molecular complexity index is 2770. The van der Waals surface area contributed by atoms with Gasteiger partial charge in [0.25, 0.3) is 0 Å². The van der Waals surface area contributed by atoms with E-state index in [1.54, 1.807) is 30.3 Å². The van der Waals surface area contributed by atoms with Crippen LogP contribution in [0.4, 0.5) is 5.69 Å². The highest BCUT2D eigenvalue weighted by molar-refractivity contribution is 7.91. The van der Waals surface area contributed by atoms with Crippen molar-refractivity contribution in [2.75, 3.05) is 24.7 Å². The number of aliphatic hydroxyl groups excluding tert-OH is 1. The molecule has 0 unspecified atom stereocenters. The highest BCUT2D eigenvalue weighted by Crippen LogP contribution is 2.50. The van der Waals surface area contributed by atoms with Crippen LogP contribution in [0.15, 0.2) is 47.4 Å². The molecule has 0 bridgehead atoms. The number of hydrogen-bond donors (Lipinski definition) is 5. The second-order valence-electron chi connectivity index (χ2n) is 12.8. The van der Waals surface area contributed by atoms with Crippen LogP contribution in [0.25, 0.3) is 0 Å². The molecule has 0 radical (unpaired) electrons. The quantitative estimate of drug-likeness (QED) is 0.0371. The van der Waals surface area contributed by atoms with Gasteiger partial charge in [-0.05, 0) is 155 Å². The van der Waals surface area contributed by atoms with E-state index >= 15 is 0 Å². The van der Waals surface area contributed by atoms with Crippen LogP contribution >= 0.6 is 12.9 Å². The van der Waals surface area contributed by atoms with Crippen molar-refractivity contribution < 1.29 is 62.5 Å². The van der Waals surface area contributed by atoms with Crippen molar-refractivity contribution in [2.24, 2.45) is 5.41 Å². The number of sulfone groups is 1. The first kappa shape index (κ1) is 54.4. The molecule has 0 amide bonds. The number of benzene rings is 2. The third kappa shape index (κ3) is 21.3. The highest BCUT2D eigenvalue weighted by atomic mass is 32.2. The van der Waals surface area contributed by atoms with Gasteiger partial charge >= 0.3 is 0 Å². The summed E-state index contributed by atoms with van der Waals surface area (Å²) in [5, 5.41) is 29.2. The zero-order chi connectivity index (χ0) is 47.3. The standard InChI is InChI=1S/C26H37NO4S.C26H2.H3NO4S.17H2/c1-5-7-15-26(16-8-6-2)18-32(30,31)23-14-11-20(27(3)4)17-22(23)24(25(26)29)19-9-12-21(28)13-10-19;1-3-5-7-9-11-13-15-17-19-21-23-25-26-24-22-20-18-16-14-12-10-8-6-4-2;2-3-1-4-5-6;;;;;;;;;;;;;;;;;/h9-14,17,24-25,28-29H,5-8,15-16,18H2,1-4H3;1-2H;1-2,6H;17*1H/t24-,25-;;;;;;;;;;;;;;;;;;;/m1.................../s1. The van der Waals surface area contributed by atoms with Crippen molar-refractivity contribution in [1.82, 2.24) is 5.64 Å². The zero-order valence-electron chi connectivity index (χ0n) is 35.5. The topological polar surface area (TPSA) is 138 Å². The van der Waals surface area contributed by atoms with Gasteiger partial charge in [-0.3, -0.25) is 0 Å². The van der Waals surface area contributed by atoms with E-state index in [9.17, 15) is 18.6 Å². The largest absolute Gasteiger partial charge is 0.508 e. The van der Waals surface area contributed by atoms with E-state index < -0.39 is 27.3 Å². The molecule has 0 aromatic heterocycles. The van der Waals surface area contributed by atoms with Crippen LogP contribution in [-0.4, -0.2) is 49.8 Å². The summed E-state index contributed by atoms with van der Waals surface area (Å²) < 4.78 is 31.0. The van der Waals surface area contributed by atoms with Gasteiger partial charge in [0, 0.05) is 116 Å². The number of fused-ring (bicyclic) bond motifs is 1. The molecule has 2 atom stereocenters. The summed E-state index contributed by atoms with van der Waals surface area (Å²) in [5.41, 5.74) is 3.09. The summed E-state index contributed by atoms with van der Waals surface area (Å²) in [5.74, 6) is 57.8. The van der Waals surface area contributed by atoms with Crippen molar-refractivity contribution in [2.45, 2.75) is 69.3 Å². The molecular weight excluding hydrogens is 845 g/mol. The van der Waals surface area contributed by atoms with E-state index in [4.69, 9.17) is 18.1 Å². The van der Waals surface area contributed by atoms with Crippen LogP contribution in [0.1, 0.15) is 93.7 Å². The smallest absolute Gasteiger partial charge is 0.179 e. The Labute approximate surface area is 409 Å². The molecule has 3 rings (SSSR count). The van der Waals surface area contributed by atoms with Crippen LogP contribution in [0.2, 0.25) is 0 Å². The minimum Gasteiger partial charge on any atom is -0.508 e. The Kier molecular flexibility index (Phi) is 28.1. The average molecular weight is 921 g/mol. The van der Waals surface area contributed by atoms with E-state index in [0.717, 1.165) is 36.9 Å². The van der Waals surface area contributed by atoms with Gasteiger partial charge in [-0.2, -0.15) is 0 Å². The maximum Gasteiger partial charge on any atom is 0.179 e. The first-order chi connectivity index (χ1) is 31.0. The minimum absolute atomic E-state index is 0. The molecule has 1 aliphatic rings. The van der Waals surface area contributed by atoms with Gasteiger partial charge in [-0.1, -0.05) is 51.7 Å². The molecule has 10 nitrogen and oxygen atoms in total. The van der Waals surface area contributed by atoms with E-state index in [1.807, 2.05) is 31.1 Å². The summed E-state index contributed by atoms with van der Waals surface area (Å²) >= 11 is 3.08. The molecule has 12 heteroatoms. The van der Waals surface area contributed by atoms with E-state index in [1.165, 1.54) is 5.64 Å². The molecule has 1 heterocycles. The SMILES string of the molecule is C#CC#CC#CC#CC#CC#CC#CC#CC#CC#CC#CC#CC#C.CCCCC1(CCCC)CS(=O)(=O)c2ccc(N(C)C)cc2[C@@H](c2ccc(O)cc2)[C@H]1O.OONOOS.[HH].[HH].[HH].[HH].[HH].[HH].[HH].[HH].[HH].[HH].[HH].[HH].[HH].[HH].[HH].[HH].[HH]. The lowest BCUT2D eigenvalue weighted by Gasteiger charge is -2.40. The average Bonchev–Trinajstić information content (AvgIpc) is 3.36. The highest BCUT2D eigenvalue weighted by Gasteiger charge is 2.49. The van der Waals surface area contributed by atoms with Crippen molar-refractivity contribution in [1.29, 1.82) is 0 Å². The number of phenolic OH excluding ortho intramolecular Hbond substituents is 1. The number of terminal acetylenes is 2. The van der Waals surface area contributed by atoms with E-state index in [-0.39, 0.29) is 35.8 Å². The van der Waals surface area contributed by atoms with Crippen LogP contribution in [0.3, 0.4) is 0 Å². The molecule has 64 heavy (non-hydrogen) atoms. The van der Waals surface area contributed by atoms with Crippen molar-refractivity contribution in [3.63, 3.8) is 0 Å². The lowest BCUT2D eigenvalue weighted by atomic mass is 9.68. The number of aromatic hydroxyl groups is 1. The van der Waals surface area contributed by atoms with Crippen LogP contribution in [0, 0.1) is 160 Å². The number of hydrogen-bond acceptors (Lipinski definition) is 11. The Morgan fingerprint density at radius 1 is 0.734 bits per heavy atom. The molecule has 0 spiro atoms. The predicted molar refractivity (Wildman–Crippen MR) is 287 cm³/mol. The number of aliphatic hydroxyl groups is 1. The van der Waals surface area contributed by atoms with Crippen molar-refractivity contribution >= 4 is 28.4 Å². The molecule has 354 valence electrons. The number of phenols is 1. The predicted octanol–water partition coefficient (Wildman–Crippen LogP) is 9.27. The lowest BCUT2D eigenvalue weighted by molar-refractivity contribution is -0.437. The molecule has 0 saturated carbocycles. The Balaban J connectivity index is -0.0000000518. The number of nitrogens with one attached hydrogen (secondary N) is 1. The molecule has 4 N–H and O–H groups in total. The van der Waals surface area contributed by atoms with Crippen LogP contribution in [-0.2, 0) is 24.1 Å². The summed E-state index contributed by atoms with van der Waals surface area (Å²) in [7, 11) is 0.245. The number of thiol groups is 1. The molecule has 2 aromatic rings. The Hall–Kier alpha value is -7.62. The summed E-state index contributed by atoms with van der Waals surface area (Å²) in [4.78, 5) is 9.02. The lowest BCUT2D eigenvalue weighted by Crippen LogP contribution is -2.43. The second-order valence-corrected chi connectivity index (χ2v) is 14.9. The fraction of sp³-hybridized carbons (Fsp3) is 0.269. The fourth-order valence-electron chi connectivity index (χ4n) is 5.80. The Morgan fingerprint density at radius 2 is 1.14 bits per heavy atom. The van der Waals surface area contributed by atoms with Crippen LogP contribution < -0.4 is 10.5 Å². The third-order valence-electron chi connectivity index (χ3n) is 8.47. The minimum atomic E-state index is -3.60. The van der Waals surface area contributed by atoms with Gasteiger partial charge in [0.2, 0.25) is 0 Å². The zero-order valence-corrected chi connectivity index (χ0v) is 37.2. The van der Waals surface area contributed by atoms with Gasteiger partial charge in [0.1, 0.15) is 5.75 Å². The van der Waals surface area contributed by atoms with Gasteiger partial charge in [-0.25, -0.2) is 13.7 Å². The van der Waals surface area contributed by atoms with Crippen molar-refractivity contribution in [3.05, 3.63) is 53.6 Å². The molecule has 1 aliphatic heterocycles. The number of anilines is 1. The number of nitrogens with zero attached hydrogens (tertiary/aromatic N) is 1. The van der Waals surface area contributed by atoms with Crippen LogP contribution in [0.5, 0.6) is 5.75 Å². The van der Waals surface area contributed by atoms with Gasteiger partial charge in [-0.15, -0.1) is 27.2 Å². The maximum atomic E-state index is 13.7. The first-order valence-electron chi connectivity index (χ1n) is 18.9. The molecule has 0 saturated heterocycles. The van der Waals surface area contributed by atoms with Gasteiger partial charge < -0.3 is 15.1 Å². The summed E-state index contributed by atoms with van der Waals surface area (Å²) in [6.45, 7) is 4.20. The number of unbranched alkanes of at least 4 members (excludes halogenated alkanes) is 2. The summed E-state index contributed by atoms with van der Waals surface area (Å²) in [6, 6.07) is 12.3. The Morgan fingerprint density at radius 3 is 1.47 bits per heavy atom. The third-order valence-corrected chi connectivity index (χ3v) is 10.5. The van der Waals surface area contributed by atoms with Gasteiger partial charge in [0.05, 0.1) is 16.8 Å². The van der Waals surface area contributed by atoms with E-state index in [0.29, 0.717) is 23.3 Å². The molecular formula is C52H76N2O8S2. The first-order valence-corrected chi connectivity index (χ1v) is 20.9. The number of rotatable bonds is 11. The molecule has 2 aromatic carbocycles. The second kappa shape index (κ2) is 33.1. The van der Waals surface area contributed by atoms with Gasteiger partial charge in [0.15, 0.2) is 9.84 Å². The molecule has 0 fully saturated rings.